The molecule has 3 heterocycles. The molecule has 0 aliphatic heterocycles. The van der Waals surface area contributed by atoms with Crippen LogP contribution in [-0.4, -0.2) is 25.7 Å². The molecular formula is C13H11N3O3S. The maximum absolute atomic E-state index is 10.9. The summed E-state index contributed by atoms with van der Waals surface area (Å²) >= 11 is 1.45. The quantitative estimate of drug-likeness (QED) is 0.744. The molecule has 0 aliphatic carbocycles. The van der Waals surface area contributed by atoms with Crippen LogP contribution in [0.4, 0.5) is 0 Å². The van der Waals surface area contributed by atoms with Gasteiger partial charge in [-0.15, -0.1) is 10.2 Å². The van der Waals surface area contributed by atoms with E-state index in [-0.39, 0.29) is 5.76 Å². The van der Waals surface area contributed by atoms with Gasteiger partial charge >= 0.3 is 5.97 Å². The summed E-state index contributed by atoms with van der Waals surface area (Å²) in [6.07, 6.45) is 1.88. The summed E-state index contributed by atoms with van der Waals surface area (Å²) in [6, 6.07) is 7.41. The Kier molecular flexibility index (Phi) is 3.19. The predicted octanol–water partition coefficient (Wildman–Crippen LogP) is 2.62. The molecule has 0 saturated carbocycles. The first-order valence-corrected chi connectivity index (χ1v) is 6.89. The van der Waals surface area contributed by atoms with E-state index < -0.39 is 5.97 Å². The van der Waals surface area contributed by atoms with E-state index in [1.807, 2.05) is 28.8 Å². The van der Waals surface area contributed by atoms with Crippen LogP contribution < -0.4 is 0 Å². The smallest absolute Gasteiger partial charge is 0.372 e. The van der Waals surface area contributed by atoms with E-state index in [1.165, 1.54) is 11.8 Å². The van der Waals surface area contributed by atoms with Gasteiger partial charge in [0.05, 0.1) is 5.75 Å². The van der Waals surface area contributed by atoms with Crippen molar-refractivity contribution in [1.29, 1.82) is 0 Å². The van der Waals surface area contributed by atoms with Crippen molar-refractivity contribution in [3.63, 3.8) is 0 Å². The number of furan rings is 1. The van der Waals surface area contributed by atoms with Crippen molar-refractivity contribution in [3.8, 4) is 0 Å². The Morgan fingerprint density at radius 1 is 1.45 bits per heavy atom. The van der Waals surface area contributed by atoms with Gasteiger partial charge in [-0.25, -0.2) is 4.79 Å². The van der Waals surface area contributed by atoms with Gasteiger partial charge in [-0.1, -0.05) is 17.8 Å². The summed E-state index contributed by atoms with van der Waals surface area (Å²) in [5, 5.41) is 17.8. The van der Waals surface area contributed by atoms with Crippen molar-refractivity contribution in [2.75, 3.05) is 0 Å². The first-order chi connectivity index (χ1) is 9.65. The van der Waals surface area contributed by atoms with Crippen LogP contribution in [0.25, 0.3) is 5.65 Å². The van der Waals surface area contributed by atoms with Crippen LogP contribution in [0.5, 0.6) is 0 Å². The molecular weight excluding hydrogens is 278 g/mol. The summed E-state index contributed by atoms with van der Waals surface area (Å²) in [7, 11) is 0. The van der Waals surface area contributed by atoms with Crippen LogP contribution in [0.15, 0.2) is 40.0 Å². The summed E-state index contributed by atoms with van der Waals surface area (Å²) in [6.45, 7) is 1.72. The number of rotatable bonds is 4. The lowest BCUT2D eigenvalue weighted by atomic mass is 10.3. The molecule has 7 heteroatoms. The summed E-state index contributed by atoms with van der Waals surface area (Å²) < 4.78 is 7.18. The topological polar surface area (TPSA) is 80.6 Å². The van der Waals surface area contributed by atoms with Crippen molar-refractivity contribution < 1.29 is 14.3 Å². The third-order valence-electron chi connectivity index (χ3n) is 2.79. The molecule has 3 aromatic heterocycles. The third-order valence-corrected chi connectivity index (χ3v) is 3.75. The number of fused-ring (bicyclic) bond motifs is 1. The number of nitrogens with zero attached hydrogens (tertiary/aromatic N) is 3. The van der Waals surface area contributed by atoms with Gasteiger partial charge in [-0.05, 0) is 25.1 Å². The molecule has 3 rings (SSSR count). The van der Waals surface area contributed by atoms with Crippen molar-refractivity contribution >= 4 is 23.4 Å². The molecule has 0 aliphatic rings. The minimum atomic E-state index is -1.05. The minimum absolute atomic E-state index is 0.00768. The fourth-order valence-electron chi connectivity index (χ4n) is 1.89. The van der Waals surface area contributed by atoms with Gasteiger partial charge in [0.2, 0.25) is 5.76 Å². The molecule has 20 heavy (non-hydrogen) atoms. The molecule has 0 spiro atoms. The summed E-state index contributed by atoms with van der Waals surface area (Å²) in [5.74, 6) is 0.0556. The third kappa shape index (κ3) is 2.27. The molecule has 6 nitrogen and oxygen atoms in total. The molecule has 0 saturated heterocycles. The zero-order valence-electron chi connectivity index (χ0n) is 10.6. The van der Waals surface area contributed by atoms with E-state index in [9.17, 15) is 4.79 Å². The molecule has 0 unspecified atom stereocenters. The second-order valence-corrected chi connectivity index (χ2v) is 5.17. The molecule has 0 bridgehead atoms. The van der Waals surface area contributed by atoms with Gasteiger partial charge in [0.15, 0.2) is 10.8 Å². The predicted molar refractivity (Wildman–Crippen MR) is 73.0 cm³/mol. The van der Waals surface area contributed by atoms with E-state index in [2.05, 4.69) is 10.2 Å². The largest absolute Gasteiger partial charge is 0.475 e. The molecule has 0 fully saturated rings. The van der Waals surface area contributed by atoms with E-state index in [0.717, 1.165) is 10.8 Å². The maximum atomic E-state index is 10.9. The lowest BCUT2D eigenvalue weighted by molar-refractivity contribution is 0.0659. The van der Waals surface area contributed by atoms with Gasteiger partial charge < -0.3 is 9.52 Å². The fraction of sp³-hybridized carbons (Fsp3) is 0.154. The molecule has 1 N–H and O–H groups in total. The van der Waals surface area contributed by atoms with Gasteiger partial charge in [0.25, 0.3) is 0 Å². The van der Waals surface area contributed by atoms with Gasteiger partial charge in [-0.2, -0.15) is 0 Å². The molecule has 3 aromatic rings. The fourth-order valence-corrected chi connectivity index (χ4v) is 2.69. The Bertz CT molecular complexity index is 778. The molecule has 0 radical (unpaired) electrons. The van der Waals surface area contributed by atoms with Crippen LogP contribution in [-0.2, 0) is 5.75 Å². The zero-order valence-corrected chi connectivity index (χ0v) is 11.4. The van der Waals surface area contributed by atoms with Gasteiger partial charge in [-0.3, -0.25) is 4.40 Å². The molecule has 0 aromatic carbocycles. The number of carboxylic acid groups (broad SMARTS) is 1. The summed E-state index contributed by atoms with van der Waals surface area (Å²) in [4.78, 5) is 10.9. The first-order valence-electron chi connectivity index (χ1n) is 5.90. The Morgan fingerprint density at radius 3 is 3.05 bits per heavy atom. The number of aromatic nitrogens is 3. The van der Waals surface area contributed by atoms with Crippen LogP contribution in [0.3, 0.4) is 0 Å². The van der Waals surface area contributed by atoms with E-state index in [0.29, 0.717) is 17.1 Å². The number of hydrogen-bond donors (Lipinski definition) is 1. The maximum Gasteiger partial charge on any atom is 0.372 e. The second-order valence-electron chi connectivity index (χ2n) is 4.23. The molecule has 0 amide bonds. The number of thioether (sulfide) groups is 1. The summed E-state index contributed by atoms with van der Waals surface area (Å²) in [5.41, 5.74) is 1.40. The second kappa shape index (κ2) is 5.01. The van der Waals surface area contributed by atoms with Crippen LogP contribution in [0.2, 0.25) is 0 Å². The van der Waals surface area contributed by atoms with Gasteiger partial charge in [0, 0.05) is 11.8 Å². The Morgan fingerprint density at radius 2 is 2.30 bits per heavy atom. The highest BCUT2D eigenvalue weighted by Gasteiger charge is 2.15. The first kappa shape index (κ1) is 12.7. The SMILES string of the molecule is Cc1cc(CSc2nnc3ccccn23)oc1C(=O)O. The molecule has 0 atom stereocenters. The minimum Gasteiger partial charge on any atom is -0.475 e. The van der Waals surface area contributed by atoms with E-state index in [1.54, 1.807) is 13.0 Å². The zero-order chi connectivity index (χ0) is 14.1. The van der Waals surface area contributed by atoms with Crippen molar-refractivity contribution in [2.45, 2.75) is 17.8 Å². The number of hydrogen-bond acceptors (Lipinski definition) is 5. The lowest BCUT2D eigenvalue weighted by Gasteiger charge is -1.97. The number of carbonyl (C=O) groups is 1. The van der Waals surface area contributed by atoms with Crippen LogP contribution in [0, 0.1) is 6.92 Å². The highest BCUT2D eigenvalue weighted by molar-refractivity contribution is 7.98. The highest BCUT2D eigenvalue weighted by Crippen LogP contribution is 2.24. The Hall–Kier alpha value is -2.28. The average Bonchev–Trinajstić information content (AvgIpc) is 3.00. The van der Waals surface area contributed by atoms with Crippen molar-refractivity contribution in [3.05, 3.63) is 47.5 Å². The number of aromatic carboxylic acids is 1. The van der Waals surface area contributed by atoms with Gasteiger partial charge in [0.1, 0.15) is 5.76 Å². The number of aryl methyl sites for hydroxylation is 1. The Balaban J connectivity index is 1.79. The van der Waals surface area contributed by atoms with Crippen LogP contribution in [0.1, 0.15) is 21.9 Å². The molecule has 102 valence electrons. The normalized spacial score (nSPS) is 11.1. The average molecular weight is 289 g/mol. The standard InChI is InChI=1S/C13H11N3O3S/c1-8-6-9(19-11(8)12(17)18)7-20-13-15-14-10-4-2-3-5-16(10)13/h2-6H,7H2,1H3,(H,17,18). The lowest BCUT2D eigenvalue weighted by Crippen LogP contribution is -1.94. The highest BCUT2D eigenvalue weighted by atomic mass is 32.2. The van der Waals surface area contributed by atoms with E-state index >= 15 is 0 Å². The number of carboxylic acids is 1. The Labute approximate surface area is 118 Å². The van der Waals surface area contributed by atoms with E-state index in [4.69, 9.17) is 9.52 Å². The van der Waals surface area contributed by atoms with Crippen molar-refractivity contribution in [2.24, 2.45) is 0 Å². The van der Waals surface area contributed by atoms with Crippen LogP contribution >= 0.6 is 11.8 Å². The number of pyridine rings is 1. The monoisotopic (exact) mass is 289 g/mol. The van der Waals surface area contributed by atoms with Crippen molar-refractivity contribution in [1.82, 2.24) is 14.6 Å².